The molecule has 1 unspecified atom stereocenters. The third kappa shape index (κ3) is 4.84. The van der Waals surface area contributed by atoms with E-state index in [1.807, 2.05) is 32.2 Å². The van der Waals surface area contributed by atoms with Crippen LogP contribution in [-0.4, -0.2) is 29.1 Å². The first-order chi connectivity index (χ1) is 9.58. The number of aromatic nitrogens is 2. The van der Waals surface area contributed by atoms with Crippen molar-refractivity contribution in [3.8, 4) is 11.5 Å². The molecule has 0 bridgehead atoms. The summed E-state index contributed by atoms with van der Waals surface area (Å²) in [7, 11) is 1.89. The molecule has 0 spiro atoms. The minimum absolute atomic E-state index is 0. The second kappa shape index (κ2) is 7.75. The van der Waals surface area contributed by atoms with Gasteiger partial charge in [-0.3, -0.25) is 4.79 Å². The Kier molecular flexibility index (Phi) is 6.33. The van der Waals surface area contributed by atoms with Gasteiger partial charge in [-0.1, -0.05) is 11.2 Å². The molecule has 0 aliphatic heterocycles. The van der Waals surface area contributed by atoms with Crippen LogP contribution in [0.25, 0.3) is 11.5 Å². The maximum atomic E-state index is 11.0. The molecular formula is C14H19ClN4O2. The van der Waals surface area contributed by atoms with Gasteiger partial charge in [0.15, 0.2) is 5.82 Å². The molecule has 7 heteroatoms. The highest BCUT2D eigenvalue weighted by Crippen LogP contribution is 2.21. The summed E-state index contributed by atoms with van der Waals surface area (Å²) in [6.07, 6.45) is 0.700. The molecule has 0 saturated heterocycles. The zero-order chi connectivity index (χ0) is 14.5. The van der Waals surface area contributed by atoms with Crippen LogP contribution in [0.4, 0.5) is 5.69 Å². The Balaban J connectivity index is 0.00000220. The zero-order valence-corrected chi connectivity index (χ0v) is 13.0. The molecule has 0 saturated carbocycles. The Morgan fingerprint density at radius 3 is 2.86 bits per heavy atom. The monoisotopic (exact) mass is 310 g/mol. The number of carbonyl (C=O) groups is 1. The molecule has 21 heavy (non-hydrogen) atoms. The van der Waals surface area contributed by atoms with Crippen LogP contribution < -0.4 is 10.6 Å². The summed E-state index contributed by atoms with van der Waals surface area (Å²) in [5.74, 6) is 0.999. The summed E-state index contributed by atoms with van der Waals surface area (Å²) in [5, 5.41) is 9.81. The second-order valence-corrected chi connectivity index (χ2v) is 4.67. The van der Waals surface area contributed by atoms with Crippen molar-refractivity contribution >= 4 is 24.0 Å². The van der Waals surface area contributed by atoms with Gasteiger partial charge in [0, 0.05) is 30.6 Å². The first kappa shape index (κ1) is 17.1. The van der Waals surface area contributed by atoms with Crippen LogP contribution in [0.1, 0.15) is 19.7 Å². The average molecular weight is 311 g/mol. The van der Waals surface area contributed by atoms with Crippen LogP contribution in [0, 0.1) is 0 Å². The van der Waals surface area contributed by atoms with Crippen molar-refractivity contribution in [2.75, 3.05) is 12.4 Å². The molecule has 2 N–H and O–H groups in total. The first-order valence-corrected chi connectivity index (χ1v) is 6.46. The Morgan fingerprint density at radius 2 is 2.19 bits per heavy atom. The molecular weight excluding hydrogens is 292 g/mol. The van der Waals surface area contributed by atoms with E-state index < -0.39 is 0 Å². The lowest BCUT2D eigenvalue weighted by Gasteiger charge is -2.04. The number of nitrogens with zero attached hydrogens (tertiary/aromatic N) is 2. The molecule has 2 rings (SSSR count). The molecule has 0 aliphatic rings. The highest BCUT2D eigenvalue weighted by molar-refractivity contribution is 5.89. The highest BCUT2D eigenvalue weighted by atomic mass is 35.5. The molecule has 0 aliphatic carbocycles. The minimum Gasteiger partial charge on any atom is -0.334 e. The van der Waals surface area contributed by atoms with Gasteiger partial charge in [0.1, 0.15) is 0 Å². The Morgan fingerprint density at radius 1 is 1.43 bits per heavy atom. The van der Waals surface area contributed by atoms with Crippen molar-refractivity contribution in [3.63, 3.8) is 0 Å². The van der Waals surface area contributed by atoms with E-state index in [0.29, 0.717) is 23.8 Å². The van der Waals surface area contributed by atoms with Gasteiger partial charge >= 0.3 is 0 Å². The number of hydrogen-bond acceptors (Lipinski definition) is 5. The van der Waals surface area contributed by atoms with E-state index in [-0.39, 0.29) is 24.4 Å². The molecule has 1 heterocycles. The van der Waals surface area contributed by atoms with Crippen LogP contribution in [-0.2, 0) is 11.2 Å². The molecule has 0 radical (unpaired) electrons. The quantitative estimate of drug-likeness (QED) is 0.885. The Labute approximate surface area is 129 Å². The van der Waals surface area contributed by atoms with Crippen LogP contribution in [0.2, 0.25) is 0 Å². The number of benzene rings is 1. The van der Waals surface area contributed by atoms with Gasteiger partial charge in [-0.2, -0.15) is 4.98 Å². The van der Waals surface area contributed by atoms with Crippen molar-refractivity contribution < 1.29 is 9.32 Å². The summed E-state index contributed by atoms with van der Waals surface area (Å²) < 4.78 is 5.25. The third-order valence-corrected chi connectivity index (χ3v) is 2.88. The van der Waals surface area contributed by atoms with E-state index in [2.05, 4.69) is 20.8 Å². The summed E-state index contributed by atoms with van der Waals surface area (Å²) in [6, 6.07) is 7.60. The van der Waals surface area contributed by atoms with Crippen molar-refractivity contribution in [1.82, 2.24) is 15.5 Å². The lowest BCUT2D eigenvalue weighted by molar-refractivity contribution is -0.114. The molecule has 6 nitrogen and oxygen atoms in total. The fourth-order valence-electron chi connectivity index (χ4n) is 1.76. The summed E-state index contributed by atoms with van der Waals surface area (Å²) in [6.45, 7) is 3.52. The van der Waals surface area contributed by atoms with Crippen molar-refractivity contribution in [3.05, 3.63) is 30.1 Å². The first-order valence-electron chi connectivity index (χ1n) is 6.46. The van der Waals surface area contributed by atoms with Gasteiger partial charge in [0.05, 0.1) is 0 Å². The van der Waals surface area contributed by atoms with E-state index >= 15 is 0 Å². The Bertz CT molecular complexity index is 600. The van der Waals surface area contributed by atoms with Gasteiger partial charge in [0.25, 0.3) is 5.89 Å². The van der Waals surface area contributed by atoms with E-state index in [4.69, 9.17) is 4.52 Å². The molecule has 1 aromatic heterocycles. The topological polar surface area (TPSA) is 80.0 Å². The molecule has 1 atom stereocenters. The van der Waals surface area contributed by atoms with Crippen LogP contribution in [0.5, 0.6) is 0 Å². The van der Waals surface area contributed by atoms with E-state index in [1.165, 1.54) is 6.92 Å². The SMILES string of the molecule is CNC(C)Cc1noc(-c2cccc(NC(C)=O)c2)n1.Cl. The second-order valence-electron chi connectivity index (χ2n) is 4.67. The molecule has 2 aromatic rings. The van der Waals surface area contributed by atoms with Crippen LogP contribution >= 0.6 is 12.4 Å². The van der Waals surface area contributed by atoms with Gasteiger partial charge in [-0.05, 0) is 32.2 Å². The normalized spacial score (nSPS) is 11.6. The summed E-state index contributed by atoms with van der Waals surface area (Å²) in [5.41, 5.74) is 1.49. The highest BCUT2D eigenvalue weighted by Gasteiger charge is 2.11. The number of amides is 1. The van der Waals surface area contributed by atoms with E-state index in [1.54, 1.807) is 6.07 Å². The lowest BCUT2D eigenvalue weighted by Crippen LogP contribution is -2.24. The van der Waals surface area contributed by atoms with Gasteiger partial charge in [0.2, 0.25) is 5.91 Å². The fraction of sp³-hybridized carbons (Fsp3) is 0.357. The van der Waals surface area contributed by atoms with Gasteiger partial charge in [-0.25, -0.2) is 0 Å². The minimum atomic E-state index is -0.115. The molecule has 114 valence electrons. The maximum absolute atomic E-state index is 11.0. The smallest absolute Gasteiger partial charge is 0.257 e. The predicted molar refractivity (Wildman–Crippen MR) is 83.5 cm³/mol. The van der Waals surface area contributed by atoms with E-state index in [0.717, 1.165) is 5.56 Å². The number of nitrogens with one attached hydrogen (secondary N) is 2. The molecule has 0 fully saturated rings. The number of anilines is 1. The lowest BCUT2D eigenvalue weighted by atomic mass is 10.2. The van der Waals surface area contributed by atoms with E-state index in [9.17, 15) is 4.79 Å². The molecule has 1 amide bonds. The Hall–Kier alpha value is -1.92. The average Bonchev–Trinajstić information content (AvgIpc) is 2.86. The van der Waals surface area contributed by atoms with Crippen LogP contribution in [0.15, 0.2) is 28.8 Å². The zero-order valence-electron chi connectivity index (χ0n) is 12.2. The third-order valence-electron chi connectivity index (χ3n) is 2.88. The summed E-state index contributed by atoms with van der Waals surface area (Å²) in [4.78, 5) is 15.4. The predicted octanol–water partition coefficient (Wildman–Crippen LogP) is 2.27. The molecule has 1 aromatic carbocycles. The van der Waals surface area contributed by atoms with Crippen molar-refractivity contribution in [2.45, 2.75) is 26.3 Å². The number of halogens is 1. The number of likely N-dealkylation sites (N-methyl/N-ethyl adjacent to an activating group) is 1. The number of hydrogen-bond donors (Lipinski definition) is 2. The largest absolute Gasteiger partial charge is 0.334 e. The van der Waals surface area contributed by atoms with Crippen molar-refractivity contribution in [1.29, 1.82) is 0 Å². The van der Waals surface area contributed by atoms with Gasteiger partial charge < -0.3 is 15.2 Å². The van der Waals surface area contributed by atoms with Crippen molar-refractivity contribution in [2.24, 2.45) is 0 Å². The fourth-order valence-corrected chi connectivity index (χ4v) is 1.76. The van der Waals surface area contributed by atoms with Gasteiger partial charge in [-0.15, -0.1) is 12.4 Å². The number of carbonyl (C=O) groups excluding carboxylic acids is 1. The maximum Gasteiger partial charge on any atom is 0.257 e. The summed E-state index contributed by atoms with van der Waals surface area (Å²) >= 11 is 0. The standard InChI is InChI=1S/C14H18N4O2.ClH/c1-9(15-3)7-13-17-14(20-18-13)11-5-4-6-12(8-11)16-10(2)19;/h4-6,8-9,15H,7H2,1-3H3,(H,16,19);1H. The number of rotatable bonds is 5. The van der Waals surface area contributed by atoms with Crippen LogP contribution in [0.3, 0.4) is 0 Å².